The van der Waals surface area contributed by atoms with E-state index in [2.05, 4.69) is 0 Å². The number of benzene rings is 1. The lowest BCUT2D eigenvalue weighted by atomic mass is 10.2. The van der Waals surface area contributed by atoms with E-state index in [9.17, 15) is 8.42 Å². The fraction of sp³-hybridized carbons (Fsp3) is 0.400. The van der Waals surface area contributed by atoms with E-state index in [0.717, 1.165) is 5.56 Å². The number of hydrogen-bond acceptors (Lipinski definition) is 4. The molecule has 0 bridgehead atoms. The fourth-order valence-electron chi connectivity index (χ4n) is 1.17. The molecule has 0 amide bonds. The molecule has 0 aliphatic carbocycles. The van der Waals surface area contributed by atoms with Crippen molar-refractivity contribution in [3.63, 3.8) is 0 Å². The summed E-state index contributed by atoms with van der Waals surface area (Å²) in [6, 6.07) is 5.98. The lowest BCUT2D eigenvalue weighted by molar-refractivity contribution is 0.562. The molecule has 1 aromatic carbocycles. The van der Waals surface area contributed by atoms with Crippen molar-refractivity contribution in [2.75, 3.05) is 0 Å². The molecule has 1 rings (SSSR count). The first kappa shape index (κ1) is 12.2. The second-order valence-corrected chi connectivity index (χ2v) is 5.79. The minimum atomic E-state index is -3.50. The number of nitrogens with two attached hydrogens (primary N) is 2. The van der Waals surface area contributed by atoms with E-state index in [1.165, 1.54) is 0 Å². The first-order valence-corrected chi connectivity index (χ1v) is 6.22. The molecule has 0 aliphatic heterocycles. The molecule has 2 atom stereocenters. The SMILES string of the molecule is Cc1ccc(S(=O)(=O)[C@H](N)C(C)N)cc1. The van der Waals surface area contributed by atoms with Gasteiger partial charge in [-0.1, -0.05) is 17.7 Å². The minimum absolute atomic E-state index is 0.220. The highest BCUT2D eigenvalue weighted by molar-refractivity contribution is 7.92. The maximum absolute atomic E-state index is 11.9. The van der Waals surface area contributed by atoms with Gasteiger partial charge in [0.15, 0.2) is 9.84 Å². The number of hydrogen-bond donors (Lipinski definition) is 2. The van der Waals surface area contributed by atoms with E-state index >= 15 is 0 Å². The summed E-state index contributed by atoms with van der Waals surface area (Å²) < 4.78 is 23.8. The molecular weight excluding hydrogens is 212 g/mol. The van der Waals surface area contributed by atoms with Crippen molar-refractivity contribution in [2.24, 2.45) is 11.5 Å². The van der Waals surface area contributed by atoms with Gasteiger partial charge in [0.2, 0.25) is 0 Å². The van der Waals surface area contributed by atoms with Crippen LogP contribution in [-0.4, -0.2) is 19.8 Å². The van der Waals surface area contributed by atoms with Gasteiger partial charge in [-0.2, -0.15) is 0 Å². The predicted octanol–water partition coefficient (Wildman–Crippen LogP) is 0.401. The van der Waals surface area contributed by atoms with Crippen LogP contribution >= 0.6 is 0 Å². The van der Waals surface area contributed by atoms with Crippen LogP contribution < -0.4 is 11.5 Å². The minimum Gasteiger partial charge on any atom is -0.326 e. The summed E-state index contributed by atoms with van der Waals surface area (Å²) in [5.41, 5.74) is 12.0. The van der Waals surface area contributed by atoms with Crippen molar-refractivity contribution in [2.45, 2.75) is 30.2 Å². The average Bonchev–Trinajstić information content (AvgIpc) is 2.17. The zero-order valence-electron chi connectivity index (χ0n) is 8.84. The van der Waals surface area contributed by atoms with E-state index < -0.39 is 21.3 Å². The molecule has 0 radical (unpaired) electrons. The highest BCUT2D eigenvalue weighted by Crippen LogP contribution is 2.15. The van der Waals surface area contributed by atoms with Crippen molar-refractivity contribution in [3.8, 4) is 0 Å². The largest absolute Gasteiger partial charge is 0.326 e. The molecule has 0 spiro atoms. The van der Waals surface area contributed by atoms with Gasteiger partial charge < -0.3 is 11.5 Å². The highest BCUT2D eigenvalue weighted by atomic mass is 32.2. The smallest absolute Gasteiger partial charge is 0.195 e. The summed E-state index contributed by atoms with van der Waals surface area (Å²) >= 11 is 0. The molecule has 1 unspecified atom stereocenters. The average molecular weight is 228 g/mol. The molecule has 0 saturated heterocycles. The van der Waals surface area contributed by atoms with Crippen molar-refractivity contribution < 1.29 is 8.42 Å². The lowest BCUT2D eigenvalue weighted by Gasteiger charge is -2.16. The van der Waals surface area contributed by atoms with Crippen LogP contribution in [0.4, 0.5) is 0 Å². The topological polar surface area (TPSA) is 86.2 Å². The Morgan fingerprint density at radius 2 is 1.60 bits per heavy atom. The molecule has 0 saturated carbocycles. The van der Waals surface area contributed by atoms with Gasteiger partial charge in [0.1, 0.15) is 5.37 Å². The Bertz CT molecular complexity index is 423. The Balaban J connectivity index is 3.12. The Morgan fingerprint density at radius 1 is 1.13 bits per heavy atom. The third kappa shape index (κ3) is 2.56. The number of sulfone groups is 1. The summed E-state index contributed by atoms with van der Waals surface area (Å²) in [5.74, 6) is 0. The van der Waals surface area contributed by atoms with Crippen LogP contribution in [0.5, 0.6) is 0 Å². The van der Waals surface area contributed by atoms with E-state index in [1.807, 2.05) is 6.92 Å². The molecule has 5 heteroatoms. The summed E-state index contributed by atoms with van der Waals surface area (Å²) in [7, 11) is -3.50. The van der Waals surface area contributed by atoms with Crippen LogP contribution in [0.15, 0.2) is 29.2 Å². The van der Waals surface area contributed by atoms with Crippen LogP contribution in [0.1, 0.15) is 12.5 Å². The maximum Gasteiger partial charge on any atom is 0.195 e. The van der Waals surface area contributed by atoms with Gasteiger partial charge in [-0.3, -0.25) is 0 Å². The van der Waals surface area contributed by atoms with E-state index in [-0.39, 0.29) is 4.90 Å². The van der Waals surface area contributed by atoms with Gasteiger partial charge in [-0.15, -0.1) is 0 Å². The Kier molecular flexibility index (Phi) is 3.49. The summed E-state index contributed by atoms with van der Waals surface area (Å²) in [5, 5.41) is -1.06. The van der Waals surface area contributed by atoms with Gasteiger partial charge in [-0.25, -0.2) is 8.42 Å². The zero-order chi connectivity index (χ0) is 11.6. The Morgan fingerprint density at radius 3 is 2.00 bits per heavy atom. The quantitative estimate of drug-likeness (QED) is 0.784. The fourth-order valence-corrected chi connectivity index (χ4v) is 2.56. The predicted molar refractivity (Wildman–Crippen MR) is 60.0 cm³/mol. The molecule has 4 N–H and O–H groups in total. The van der Waals surface area contributed by atoms with Crippen LogP contribution in [0.3, 0.4) is 0 Å². The van der Waals surface area contributed by atoms with Crippen LogP contribution in [0.25, 0.3) is 0 Å². The second-order valence-electron chi connectivity index (χ2n) is 3.68. The Hall–Kier alpha value is -0.910. The van der Waals surface area contributed by atoms with Gasteiger partial charge in [0, 0.05) is 6.04 Å². The molecule has 1 aromatic rings. The van der Waals surface area contributed by atoms with Gasteiger partial charge >= 0.3 is 0 Å². The molecule has 84 valence electrons. The molecular formula is C10H16N2O2S. The normalized spacial score (nSPS) is 16.0. The standard InChI is InChI=1S/C10H16N2O2S/c1-7-3-5-9(6-4-7)15(13,14)10(12)8(2)11/h3-6,8,10H,11-12H2,1-2H3/t8?,10-/m0/s1. The molecule has 4 nitrogen and oxygen atoms in total. The molecule has 0 fully saturated rings. The molecule has 0 aromatic heterocycles. The van der Waals surface area contributed by atoms with Crippen LogP contribution in [0, 0.1) is 6.92 Å². The first-order chi connectivity index (χ1) is 6.85. The van der Waals surface area contributed by atoms with Gasteiger partial charge in [0.25, 0.3) is 0 Å². The van der Waals surface area contributed by atoms with Gasteiger partial charge in [-0.05, 0) is 26.0 Å². The summed E-state index contributed by atoms with van der Waals surface area (Å²) in [6.07, 6.45) is 0. The monoisotopic (exact) mass is 228 g/mol. The van der Waals surface area contributed by atoms with Crippen LogP contribution in [0.2, 0.25) is 0 Å². The Labute approximate surface area is 90.2 Å². The molecule has 0 aliphatic rings. The third-order valence-electron chi connectivity index (χ3n) is 2.23. The van der Waals surface area contributed by atoms with Crippen LogP contribution in [-0.2, 0) is 9.84 Å². The first-order valence-electron chi connectivity index (χ1n) is 4.67. The van der Waals surface area contributed by atoms with E-state index in [1.54, 1.807) is 31.2 Å². The number of aryl methyl sites for hydroxylation is 1. The van der Waals surface area contributed by atoms with Crippen molar-refractivity contribution >= 4 is 9.84 Å². The summed E-state index contributed by atoms with van der Waals surface area (Å²) in [6.45, 7) is 3.47. The molecule has 0 heterocycles. The maximum atomic E-state index is 11.9. The van der Waals surface area contributed by atoms with E-state index in [0.29, 0.717) is 0 Å². The van der Waals surface area contributed by atoms with Crippen molar-refractivity contribution in [1.82, 2.24) is 0 Å². The van der Waals surface area contributed by atoms with Gasteiger partial charge in [0.05, 0.1) is 4.90 Å². The highest BCUT2D eigenvalue weighted by Gasteiger charge is 2.26. The summed E-state index contributed by atoms with van der Waals surface area (Å²) in [4.78, 5) is 0.220. The zero-order valence-corrected chi connectivity index (χ0v) is 9.66. The number of rotatable bonds is 3. The van der Waals surface area contributed by atoms with Crippen molar-refractivity contribution in [1.29, 1.82) is 0 Å². The third-order valence-corrected chi connectivity index (χ3v) is 4.30. The van der Waals surface area contributed by atoms with Crippen molar-refractivity contribution in [3.05, 3.63) is 29.8 Å². The second kappa shape index (κ2) is 4.30. The van der Waals surface area contributed by atoms with E-state index in [4.69, 9.17) is 11.5 Å². The molecule has 15 heavy (non-hydrogen) atoms. The lowest BCUT2D eigenvalue weighted by Crippen LogP contribution is -2.45.